The van der Waals surface area contributed by atoms with E-state index in [9.17, 15) is 9.59 Å². The Morgan fingerprint density at radius 2 is 2.29 bits per heavy atom. The van der Waals surface area contributed by atoms with E-state index in [2.05, 4.69) is 10.1 Å². The van der Waals surface area contributed by atoms with Crippen LogP contribution in [0.15, 0.2) is 24.3 Å². The first-order valence-electron chi connectivity index (χ1n) is 6.88. The zero-order valence-electron chi connectivity index (χ0n) is 12.0. The Balaban J connectivity index is 1.76. The van der Waals surface area contributed by atoms with Crippen LogP contribution in [0.4, 0.5) is 0 Å². The summed E-state index contributed by atoms with van der Waals surface area (Å²) in [5.74, 6) is -0.206. The van der Waals surface area contributed by atoms with Crippen molar-refractivity contribution >= 4 is 11.9 Å². The Kier molecular flexibility index (Phi) is 5.57. The molecule has 0 bridgehead atoms. The Labute approximate surface area is 123 Å². The normalized spacial score (nSPS) is 17.3. The molecule has 1 aromatic carbocycles. The van der Waals surface area contributed by atoms with E-state index in [4.69, 9.17) is 9.47 Å². The van der Waals surface area contributed by atoms with Gasteiger partial charge in [0.05, 0.1) is 18.8 Å². The van der Waals surface area contributed by atoms with E-state index in [1.807, 2.05) is 0 Å². The lowest BCUT2D eigenvalue weighted by molar-refractivity contribution is -0.123. The summed E-state index contributed by atoms with van der Waals surface area (Å²) in [5, 5.41) is 2.76. The second-order valence-corrected chi connectivity index (χ2v) is 4.75. The Bertz CT molecular complexity index is 497. The van der Waals surface area contributed by atoms with Crippen molar-refractivity contribution in [3.63, 3.8) is 0 Å². The molecule has 0 unspecified atom stereocenters. The number of methoxy groups -OCH3 is 1. The third-order valence-electron chi connectivity index (χ3n) is 3.18. The van der Waals surface area contributed by atoms with Gasteiger partial charge in [-0.2, -0.15) is 0 Å². The van der Waals surface area contributed by atoms with Gasteiger partial charge in [-0.05, 0) is 31.0 Å². The molecular weight excluding hydrogens is 274 g/mol. The number of hydrogen-bond acceptors (Lipinski definition) is 5. The average Bonchev–Trinajstić information content (AvgIpc) is 3.04. The lowest BCUT2D eigenvalue weighted by Gasteiger charge is -2.11. The number of benzene rings is 1. The van der Waals surface area contributed by atoms with Gasteiger partial charge in [-0.3, -0.25) is 4.79 Å². The maximum Gasteiger partial charge on any atom is 0.337 e. The zero-order chi connectivity index (χ0) is 15.1. The number of amides is 1. The zero-order valence-corrected chi connectivity index (χ0v) is 12.0. The maximum absolute atomic E-state index is 11.7. The average molecular weight is 293 g/mol. The fraction of sp³-hybridized carbons (Fsp3) is 0.467. The molecule has 1 N–H and O–H groups in total. The lowest BCUT2D eigenvalue weighted by Crippen LogP contribution is -2.35. The maximum atomic E-state index is 11.7. The van der Waals surface area contributed by atoms with Crippen LogP contribution in [-0.2, 0) is 14.3 Å². The van der Waals surface area contributed by atoms with Gasteiger partial charge in [0, 0.05) is 13.2 Å². The standard InChI is InChI=1S/C15H19NO5/c1-19-15(18)11-4-2-5-12(8-11)21-10-14(17)16-9-13-6-3-7-20-13/h2,4-5,8,13H,3,6-7,9-10H2,1H3,(H,16,17)/t13-/m0/s1. The van der Waals surface area contributed by atoms with Crippen LogP contribution in [-0.4, -0.2) is 44.8 Å². The van der Waals surface area contributed by atoms with E-state index < -0.39 is 5.97 Å². The van der Waals surface area contributed by atoms with Gasteiger partial charge in [-0.25, -0.2) is 4.79 Å². The van der Waals surface area contributed by atoms with Gasteiger partial charge in [-0.1, -0.05) is 6.07 Å². The highest BCUT2D eigenvalue weighted by Crippen LogP contribution is 2.14. The molecule has 6 heteroatoms. The fourth-order valence-corrected chi connectivity index (χ4v) is 2.06. The molecule has 0 aromatic heterocycles. The first-order valence-corrected chi connectivity index (χ1v) is 6.88. The van der Waals surface area contributed by atoms with Crippen LogP contribution < -0.4 is 10.1 Å². The van der Waals surface area contributed by atoms with Gasteiger partial charge in [-0.15, -0.1) is 0 Å². The topological polar surface area (TPSA) is 73.9 Å². The van der Waals surface area contributed by atoms with Gasteiger partial charge >= 0.3 is 5.97 Å². The smallest absolute Gasteiger partial charge is 0.337 e. The third-order valence-corrected chi connectivity index (χ3v) is 3.18. The highest BCUT2D eigenvalue weighted by Gasteiger charge is 2.16. The van der Waals surface area contributed by atoms with Crippen LogP contribution >= 0.6 is 0 Å². The summed E-state index contributed by atoms with van der Waals surface area (Å²) in [6.45, 7) is 1.17. The van der Waals surface area contributed by atoms with Gasteiger partial charge in [0.2, 0.25) is 0 Å². The molecule has 1 aromatic rings. The van der Waals surface area contributed by atoms with Gasteiger partial charge < -0.3 is 19.5 Å². The molecule has 0 radical (unpaired) electrons. The van der Waals surface area contributed by atoms with Crippen LogP contribution in [0.2, 0.25) is 0 Å². The molecule has 1 aliphatic heterocycles. The van der Waals surface area contributed by atoms with Crippen molar-refractivity contribution in [1.29, 1.82) is 0 Å². The van der Waals surface area contributed by atoms with Crippen molar-refractivity contribution in [3.8, 4) is 5.75 Å². The van der Waals surface area contributed by atoms with E-state index in [-0.39, 0.29) is 18.6 Å². The highest BCUT2D eigenvalue weighted by molar-refractivity contribution is 5.89. The van der Waals surface area contributed by atoms with E-state index in [1.165, 1.54) is 7.11 Å². The van der Waals surface area contributed by atoms with Crippen LogP contribution in [0.1, 0.15) is 23.2 Å². The molecule has 1 aliphatic rings. The van der Waals surface area contributed by atoms with Crippen molar-refractivity contribution in [2.45, 2.75) is 18.9 Å². The summed E-state index contributed by atoms with van der Waals surface area (Å²) in [6.07, 6.45) is 2.12. The number of hydrogen-bond donors (Lipinski definition) is 1. The van der Waals surface area contributed by atoms with Crippen molar-refractivity contribution < 1.29 is 23.8 Å². The molecule has 0 saturated carbocycles. The van der Waals surface area contributed by atoms with Crippen molar-refractivity contribution in [2.24, 2.45) is 0 Å². The van der Waals surface area contributed by atoms with Crippen molar-refractivity contribution in [2.75, 3.05) is 26.9 Å². The Hall–Kier alpha value is -2.08. The first-order chi connectivity index (χ1) is 10.2. The first kappa shape index (κ1) is 15.3. The Morgan fingerprint density at radius 3 is 3.00 bits per heavy atom. The SMILES string of the molecule is COC(=O)c1cccc(OCC(=O)NC[C@@H]2CCCO2)c1. The summed E-state index contributed by atoms with van der Waals surface area (Å²) >= 11 is 0. The minimum Gasteiger partial charge on any atom is -0.484 e. The van der Waals surface area contributed by atoms with E-state index >= 15 is 0 Å². The molecule has 1 saturated heterocycles. The monoisotopic (exact) mass is 293 g/mol. The predicted molar refractivity (Wildman–Crippen MR) is 75.3 cm³/mol. The van der Waals surface area contributed by atoms with E-state index in [0.29, 0.717) is 17.9 Å². The number of nitrogens with one attached hydrogen (secondary N) is 1. The van der Waals surface area contributed by atoms with Crippen LogP contribution in [0.5, 0.6) is 5.75 Å². The molecule has 2 rings (SSSR count). The summed E-state index contributed by atoms with van der Waals surface area (Å²) in [4.78, 5) is 23.0. The summed E-state index contributed by atoms with van der Waals surface area (Å²) in [6, 6.07) is 6.51. The molecule has 1 amide bonds. The van der Waals surface area contributed by atoms with Gasteiger partial charge in [0.15, 0.2) is 6.61 Å². The van der Waals surface area contributed by atoms with Crippen LogP contribution in [0, 0.1) is 0 Å². The second kappa shape index (κ2) is 7.64. The number of ether oxygens (including phenoxy) is 3. The fourth-order valence-electron chi connectivity index (χ4n) is 2.06. The largest absolute Gasteiger partial charge is 0.484 e. The highest BCUT2D eigenvalue weighted by atomic mass is 16.5. The van der Waals surface area contributed by atoms with E-state index in [1.54, 1.807) is 24.3 Å². The molecule has 1 atom stereocenters. The summed E-state index contributed by atoms with van der Waals surface area (Å²) in [7, 11) is 1.31. The summed E-state index contributed by atoms with van der Waals surface area (Å²) < 4.78 is 15.4. The predicted octanol–water partition coefficient (Wildman–Crippen LogP) is 1.15. The molecule has 21 heavy (non-hydrogen) atoms. The number of rotatable bonds is 6. The molecule has 1 fully saturated rings. The molecule has 0 spiro atoms. The molecular formula is C15H19NO5. The molecule has 0 aliphatic carbocycles. The second-order valence-electron chi connectivity index (χ2n) is 4.75. The number of carbonyl (C=O) groups is 2. The third kappa shape index (κ3) is 4.75. The molecule has 114 valence electrons. The van der Waals surface area contributed by atoms with Crippen LogP contribution in [0.3, 0.4) is 0 Å². The van der Waals surface area contributed by atoms with Gasteiger partial charge in [0.25, 0.3) is 5.91 Å². The number of esters is 1. The van der Waals surface area contributed by atoms with Gasteiger partial charge in [0.1, 0.15) is 5.75 Å². The Morgan fingerprint density at radius 1 is 1.43 bits per heavy atom. The molecule has 1 heterocycles. The lowest BCUT2D eigenvalue weighted by atomic mass is 10.2. The quantitative estimate of drug-likeness (QED) is 0.796. The van der Waals surface area contributed by atoms with Crippen LogP contribution in [0.25, 0.3) is 0 Å². The van der Waals surface area contributed by atoms with Crippen molar-refractivity contribution in [3.05, 3.63) is 29.8 Å². The van der Waals surface area contributed by atoms with E-state index in [0.717, 1.165) is 19.4 Å². The molecule has 6 nitrogen and oxygen atoms in total. The minimum absolute atomic E-state index is 0.0999. The minimum atomic E-state index is -0.441. The number of carbonyl (C=O) groups excluding carboxylic acids is 2. The van der Waals surface area contributed by atoms with Crippen molar-refractivity contribution in [1.82, 2.24) is 5.32 Å². The summed E-state index contributed by atoms with van der Waals surface area (Å²) in [5.41, 5.74) is 0.384.